The van der Waals surface area contributed by atoms with Gasteiger partial charge in [-0.3, -0.25) is 9.69 Å². The fourth-order valence-corrected chi connectivity index (χ4v) is 3.78. The zero-order valence-electron chi connectivity index (χ0n) is 14.3. The summed E-state index contributed by atoms with van der Waals surface area (Å²) in [6, 6.07) is 11.4. The van der Waals surface area contributed by atoms with E-state index in [0.29, 0.717) is 24.7 Å². The van der Waals surface area contributed by atoms with Crippen LogP contribution in [0.3, 0.4) is 0 Å². The van der Waals surface area contributed by atoms with Crippen LogP contribution in [0.5, 0.6) is 0 Å². The van der Waals surface area contributed by atoms with E-state index in [0.717, 1.165) is 34.9 Å². The van der Waals surface area contributed by atoms with Crippen LogP contribution >= 0.6 is 11.8 Å². The first-order valence-corrected chi connectivity index (χ1v) is 9.72. The summed E-state index contributed by atoms with van der Waals surface area (Å²) in [6.07, 6.45) is 4.28. The Labute approximate surface area is 156 Å². The highest BCUT2D eigenvalue weighted by Crippen LogP contribution is 2.32. The summed E-state index contributed by atoms with van der Waals surface area (Å²) in [4.78, 5) is 30.5. The van der Waals surface area contributed by atoms with Crippen LogP contribution in [0.15, 0.2) is 47.6 Å². The molecular weight excluding hydrogens is 348 g/mol. The molecule has 0 bridgehead atoms. The van der Waals surface area contributed by atoms with Crippen molar-refractivity contribution in [2.24, 2.45) is 0 Å². The molecule has 1 saturated carbocycles. The number of carbonyl (C=O) groups is 2. The lowest BCUT2D eigenvalue weighted by Crippen LogP contribution is -2.38. The molecule has 0 saturated heterocycles. The average molecular weight is 368 g/mol. The first-order valence-electron chi connectivity index (χ1n) is 8.74. The van der Waals surface area contributed by atoms with Crippen LogP contribution < -0.4 is 15.5 Å². The van der Waals surface area contributed by atoms with E-state index < -0.39 is 0 Å². The van der Waals surface area contributed by atoms with Crippen LogP contribution in [0, 0.1) is 0 Å². The topological polar surface area (TPSA) is 74.3 Å². The zero-order chi connectivity index (χ0) is 17.9. The standard InChI is InChI=1S/C19H20N4O2S/c24-17(21-14-7-8-14)12-13-3-5-15(6-4-13)22-19(25)23-10-11-26-18-16(23)2-1-9-20-18/h1-6,9,14H,7-8,10-12H2,(H,21,24)(H,22,25). The van der Waals surface area contributed by atoms with Gasteiger partial charge in [0, 0.05) is 30.2 Å². The van der Waals surface area contributed by atoms with Gasteiger partial charge in [-0.1, -0.05) is 12.1 Å². The maximum Gasteiger partial charge on any atom is 0.326 e. The Hall–Kier alpha value is -2.54. The largest absolute Gasteiger partial charge is 0.353 e. The molecule has 1 aliphatic heterocycles. The number of nitrogens with zero attached hydrogens (tertiary/aromatic N) is 2. The van der Waals surface area contributed by atoms with Crippen molar-refractivity contribution >= 4 is 35.1 Å². The lowest BCUT2D eigenvalue weighted by atomic mass is 10.1. The Balaban J connectivity index is 1.38. The zero-order valence-corrected chi connectivity index (χ0v) is 15.1. The third-order valence-corrected chi connectivity index (χ3v) is 5.33. The molecule has 0 spiro atoms. The molecule has 0 atom stereocenters. The second kappa shape index (κ2) is 7.37. The van der Waals surface area contributed by atoms with E-state index in [4.69, 9.17) is 0 Å². The molecule has 0 unspecified atom stereocenters. The highest BCUT2D eigenvalue weighted by molar-refractivity contribution is 7.99. The molecule has 2 N–H and O–H groups in total. The van der Waals surface area contributed by atoms with Gasteiger partial charge in [-0.25, -0.2) is 9.78 Å². The summed E-state index contributed by atoms with van der Waals surface area (Å²) < 4.78 is 0. The third kappa shape index (κ3) is 3.99. The van der Waals surface area contributed by atoms with Crippen molar-refractivity contribution in [1.82, 2.24) is 10.3 Å². The van der Waals surface area contributed by atoms with Gasteiger partial charge in [-0.15, -0.1) is 11.8 Å². The molecule has 2 aliphatic rings. The molecule has 1 fully saturated rings. The number of carbonyl (C=O) groups excluding carboxylic acids is 2. The number of pyridine rings is 1. The van der Waals surface area contributed by atoms with Crippen molar-refractivity contribution in [2.75, 3.05) is 22.5 Å². The quantitative estimate of drug-likeness (QED) is 0.870. The second-order valence-electron chi connectivity index (χ2n) is 6.47. The van der Waals surface area contributed by atoms with Gasteiger partial charge in [0.2, 0.25) is 5.91 Å². The molecular formula is C19H20N4O2S. The Morgan fingerprint density at radius 3 is 2.77 bits per heavy atom. The van der Waals surface area contributed by atoms with Crippen LogP contribution in [0.1, 0.15) is 18.4 Å². The van der Waals surface area contributed by atoms with Crippen molar-refractivity contribution in [3.05, 3.63) is 48.2 Å². The minimum atomic E-state index is -0.168. The first-order chi connectivity index (χ1) is 12.7. The van der Waals surface area contributed by atoms with E-state index in [1.54, 1.807) is 22.9 Å². The van der Waals surface area contributed by atoms with Crippen LogP contribution in [0.4, 0.5) is 16.2 Å². The van der Waals surface area contributed by atoms with Crippen molar-refractivity contribution in [2.45, 2.75) is 30.3 Å². The normalized spacial score (nSPS) is 15.9. The number of fused-ring (bicyclic) bond motifs is 1. The molecule has 2 heterocycles. The van der Waals surface area contributed by atoms with E-state index in [-0.39, 0.29) is 11.9 Å². The van der Waals surface area contributed by atoms with Gasteiger partial charge >= 0.3 is 6.03 Å². The minimum Gasteiger partial charge on any atom is -0.353 e. The molecule has 3 amide bonds. The molecule has 0 radical (unpaired) electrons. The molecule has 134 valence electrons. The minimum absolute atomic E-state index is 0.0548. The second-order valence-corrected chi connectivity index (χ2v) is 7.56. The number of anilines is 2. The Morgan fingerprint density at radius 1 is 1.19 bits per heavy atom. The predicted molar refractivity (Wildman–Crippen MR) is 103 cm³/mol. The highest BCUT2D eigenvalue weighted by Gasteiger charge is 2.24. The number of thioether (sulfide) groups is 1. The molecule has 7 heteroatoms. The lowest BCUT2D eigenvalue weighted by Gasteiger charge is -2.28. The van der Waals surface area contributed by atoms with Crippen LogP contribution in [0.2, 0.25) is 0 Å². The average Bonchev–Trinajstić information content (AvgIpc) is 3.46. The molecule has 2 aromatic rings. The van der Waals surface area contributed by atoms with E-state index in [9.17, 15) is 9.59 Å². The van der Waals surface area contributed by atoms with Gasteiger partial charge in [0.15, 0.2) is 0 Å². The molecule has 6 nitrogen and oxygen atoms in total. The Bertz CT molecular complexity index is 821. The van der Waals surface area contributed by atoms with Crippen molar-refractivity contribution in [3.63, 3.8) is 0 Å². The fourth-order valence-electron chi connectivity index (χ4n) is 2.85. The van der Waals surface area contributed by atoms with Crippen LogP contribution in [0.25, 0.3) is 0 Å². The van der Waals surface area contributed by atoms with Crippen LogP contribution in [-0.4, -0.2) is 35.3 Å². The van der Waals surface area contributed by atoms with E-state index in [1.807, 2.05) is 36.4 Å². The first kappa shape index (κ1) is 16.9. The molecule has 1 aromatic carbocycles. The number of aromatic nitrogens is 1. The van der Waals surface area contributed by atoms with Crippen molar-refractivity contribution in [3.8, 4) is 0 Å². The monoisotopic (exact) mass is 368 g/mol. The van der Waals surface area contributed by atoms with Crippen molar-refractivity contribution < 1.29 is 9.59 Å². The number of amides is 3. The van der Waals surface area contributed by atoms with Gasteiger partial charge in [0.05, 0.1) is 12.1 Å². The predicted octanol–water partition coefficient (Wildman–Crippen LogP) is 3.05. The smallest absolute Gasteiger partial charge is 0.326 e. The molecule has 1 aromatic heterocycles. The number of benzene rings is 1. The molecule has 1 aliphatic carbocycles. The van der Waals surface area contributed by atoms with Crippen molar-refractivity contribution in [1.29, 1.82) is 0 Å². The maximum absolute atomic E-state index is 12.6. The number of nitrogens with one attached hydrogen (secondary N) is 2. The Morgan fingerprint density at radius 2 is 2.00 bits per heavy atom. The summed E-state index contributed by atoms with van der Waals surface area (Å²) in [5.41, 5.74) is 2.49. The molecule has 26 heavy (non-hydrogen) atoms. The van der Waals surface area contributed by atoms with Crippen LogP contribution in [-0.2, 0) is 11.2 Å². The summed E-state index contributed by atoms with van der Waals surface area (Å²) >= 11 is 1.66. The van der Waals surface area contributed by atoms with Gasteiger partial charge in [-0.05, 0) is 42.7 Å². The van der Waals surface area contributed by atoms with E-state index in [1.165, 1.54) is 0 Å². The lowest BCUT2D eigenvalue weighted by molar-refractivity contribution is -0.120. The van der Waals surface area contributed by atoms with E-state index in [2.05, 4.69) is 15.6 Å². The van der Waals surface area contributed by atoms with Gasteiger partial charge < -0.3 is 10.6 Å². The van der Waals surface area contributed by atoms with Gasteiger partial charge in [0.1, 0.15) is 5.03 Å². The van der Waals surface area contributed by atoms with Gasteiger partial charge in [0.25, 0.3) is 0 Å². The number of rotatable bonds is 4. The third-order valence-electron chi connectivity index (χ3n) is 4.35. The highest BCUT2D eigenvalue weighted by atomic mass is 32.2. The SMILES string of the molecule is O=C(Cc1ccc(NC(=O)N2CCSc3ncccc32)cc1)NC1CC1. The number of hydrogen-bond donors (Lipinski definition) is 2. The Kier molecular flexibility index (Phi) is 4.79. The maximum atomic E-state index is 12.6. The summed E-state index contributed by atoms with van der Waals surface area (Å²) in [5, 5.41) is 6.78. The summed E-state index contributed by atoms with van der Waals surface area (Å²) in [5.74, 6) is 0.881. The summed E-state index contributed by atoms with van der Waals surface area (Å²) in [7, 11) is 0. The van der Waals surface area contributed by atoms with Gasteiger partial charge in [-0.2, -0.15) is 0 Å². The fraction of sp³-hybridized carbons (Fsp3) is 0.316. The summed E-state index contributed by atoms with van der Waals surface area (Å²) in [6.45, 7) is 0.647. The molecule has 4 rings (SSSR count). The van der Waals surface area contributed by atoms with E-state index >= 15 is 0 Å². The number of urea groups is 1. The number of hydrogen-bond acceptors (Lipinski definition) is 4.